The SMILES string of the molecule is Cc1cccc(C(=O)c2ccc(NC(=O)c3ccc(C(F)(F)F)cc3)cn2)c1C. The molecule has 0 aliphatic heterocycles. The molecule has 0 spiro atoms. The topological polar surface area (TPSA) is 59.1 Å². The van der Waals surface area contributed by atoms with Gasteiger partial charge in [-0.3, -0.25) is 14.6 Å². The molecule has 1 aromatic heterocycles. The molecule has 0 saturated carbocycles. The number of nitrogens with one attached hydrogen (secondary N) is 1. The first-order valence-electron chi connectivity index (χ1n) is 8.72. The van der Waals surface area contributed by atoms with Gasteiger partial charge in [-0.15, -0.1) is 0 Å². The zero-order valence-electron chi connectivity index (χ0n) is 15.7. The second-order valence-electron chi connectivity index (χ2n) is 6.54. The molecule has 3 aromatic rings. The van der Waals surface area contributed by atoms with Crippen molar-refractivity contribution >= 4 is 17.4 Å². The van der Waals surface area contributed by atoms with Gasteiger partial charge in [0, 0.05) is 11.1 Å². The highest BCUT2D eigenvalue weighted by molar-refractivity contribution is 6.09. The first-order valence-corrected chi connectivity index (χ1v) is 8.72. The van der Waals surface area contributed by atoms with Crippen LogP contribution in [0.25, 0.3) is 0 Å². The summed E-state index contributed by atoms with van der Waals surface area (Å²) >= 11 is 0. The maximum absolute atomic E-state index is 12.6. The van der Waals surface area contributed by atoms with Crippen molar-refractivity contribution in [2.24, 2.45) is 0 Å². The molecule has 29 heavy (non-hydrogen) atoms. The second-order valence-corrected chi connectivity index (χ2v) is 6.54. The van der Waals surface area contributed by atoms with Crippen LogP contribution in [0, 0.1) is 13.8 Å². The van der Waals surface area contributed by atoms with Gasteiger partial charge in [0.25, 0.3) is 5.91 Å². The van der Waals surface area contributed by atoms with E-state index in [0.29, 0.717) is 11.3 Å². The van der Waals surface area contributed by atoms with Crippen molar-refractivity contribution in [2.75, 3.05) is 5.32 Å². The lowest BCUT2D eigenvalue weighted by atomic mass is 9.98. The van der Waals surface area contributed by atoms with E-state index in [2.05, 4.69) is 10.3 Å². The van der Waals surface area contributed by atoms with E-state index in [4.69, 9.17) is 0 Å². The van der Waals surface area contributed by atoms with E-state index in [-0.39, 0.29) is 17.0 Å². The summed E-state index contributed by atoms with van der Waals surface area (Å²) in [5.41, 5.74) is 2.23. The van der Waals surface area contributed by atoms with Gasteiger partial charge in [0.1, 0.15) is 5.69 Å². The molecule has 148 valence electrons. The van der Waals surface area contributed by atoms with Crippen molar-refractivity contribution < 1.29 is 22.8 Å². The highest BCUT2D eigenvalue weighted by Crippen LogP contribution is 2.29. The number of carbonyl (C=O) groups excluding carboxylic acids is 2. The fraction of sp³-hybridized carbons (Fsp3) is 0.136. The van der Waals surface area contributed by atoms with E-state index in [1.807, 2.05) is 19.9 Å². The number of aromatic nitrogens is 1. The van der Waals surface area contributed by atoms with Crippen molar-refractivity contribution in [2.45, 2.75) is 20.0 Å². The van der Waals surface area contributed by atoms with Gasteiger partial charge < -0.3 is 5.32 Å². The minimum atomic E-state index is -4.46. The highest BCUT2D eigenvalue weighted by Gasteiger charge is 2.30. The van der Waals surface area contributed by atoms with Gasteiger partial charge in [0.15, 0.2) is 0 Å². The van der Waals surface area contributed by atoms with Crippen LogP contribution in [0.15, 0.2) is 60.8 Å². The van der Waals surface area contributed by atoms with Crippen LogP contribution in [-0.4, -0.2) is 16.7 Å². The van der Waals surface area contributed by atoms with Crippen molar-refractivity contribution in [1.29, 1.82) is 0 Å². The van der Waals surface area contributed by atoms with Crippen LogP contribution >= 0.6 is 0 Å². The molecular formula is C22H17F3N2O2. The minimum absolute atomic E-state index is 0.0774. The maximum atomic E-state index is 12.6. The van der Waals surface area contributed by atoms with E-state index in [0.717, 1.165) is 35.4 Å². The summed E-state index contributed by atoms with van der Waals surface area (Å²) in [5.74, 6) is -0.805. The fourth-order valence-electron chi connectivity index (χ4n) is 2.75. The van der Waals surface area contributed by atoms with Gasteiger partial charge in [-0.1, -0.05) is 18.2 Å². The van der Waals surface area contributed by atoms with Crippen LogP contribution in [0.3, 0.4) is 0 Å². The Balaban J connectivity index is 1.73. The van der Waals surface area contributed by atoms with E-state index in [1.165, 1.54) is 18.3 Å². The number of benzene rings is 2. The lowest BCUT2D eigenvalue weighted by molar-refractivity contribution is -0.137. The zero-order valence-corrected chi connectivity index (χ0v) is 15.7. The Hall–Kier alpha value is -3.48. The molecule has 1 amide bonds. The third kappa shape index (κ3) is 4.51. The summed E-state index contributed by atoms with van der Waals surface area (Å²) in [6.07, 6.45) is -3.13. The van der Waals surface area contributed by atoms with Crippen LogP contribution in [0.2, 0.25) is 0 Å². The van der Waals surface area contributed by atoms with Crippen LogP contribution < -0.4 is 5.32 Å². The summed E-state index contributed by atoms with van der Waals surface area (Å²) in [5, 5.41) is 2.55. The molecular weight excluding hydrogens is 381 g/mol. The molecule has 0 bridgehead atoms. The van der Waals surface area contributed by atoms with Crippen LogP contribution in [0.1, 0.15) is 43.1 Å². The van der Waals surface area contributed by atoms with Crippen LogP contribution in [-0.2, 0) is 6.18 Å². The van der Waals surface area contributed by atoms with Crippen molar-refractivity contribution in [3.8, 4) is 0 Å². The van der Waals surface area contributed by atoms with Crippen molar-refractivity contribution in [3.05, 3.63) is 94.3 Å². The summed E-state index contributed by atoms with van der Waals surface area (Å²) < 4.78 is 37.8. The number of pyridine rings is 1. The summed E-state index contributed by atoms with van der Waals surface area (Å²) in [6.45, 7) is 3.78. The number of alkyl halides is 3. The molecule has 2 aromatic carbocycles. The molecule has 0 unspecified atom stereocenters. The van der Waals surface area contributed by atoms with E-state index >= 15 is 0 Å². The average Bonchev–Trinajstić information content (AvgIpc) is 2.69. The molecule has 0 saturated heterocycles. The molecule has 1 N–H and O–H groups in total. The van der Waals surface area contributed by atoms with Gasteiger partial charge in [0.2, 0.25) is 5.78 Å². The highest BCUT2D eigenvalue weighted by atomic mass is 19.4. The largest absolute Gasteiger partial charge is 0.416 e. The van der Waals surface area contributed by atoms with Crippen molar-refractivity contribution in [1.82, 2.24) is 4.98 Å². The number of aryl methyl sites for hydroxylation is 1. The van der Waals surface area contributed by atoms with Gasteiger partial charge >= 0.3 is 6.18 Å². The number of rotatable bonds is 4. The number of anilines is 1. The van der Waals surface area contributed by atoms with Crippen LogP contribution in [0.4, 0.5) is 18.9 Å². The Morgan fingerprint density at radius 2 is 1.62 bits per heavy atom. The predicted molar refractivity (Wildman–Crippen MR) is 103 cm³/mol. The molecule has 4 nitrogen and oxygen atoms in total. The van der Waals surface area contributed by atoms with Gasteiger partial charge in [-0.2, -0.15) is 13.2 Å². The smallest absolute Gasteiger partial charge is 0.321 e. The summed E-state index contributed by atoms with van der Waals surface area (Å²) in [4.78, 5) is 29.0. The van der Waals surface area contributed by atoms with Crippen LogP contribution in [0.5, 0.6) is 0 Å². The quantitative estimate of drug-likeness (QED) is 0.615. The number of ketones is 1. The Labute approximate surface area is 165 Å². The third-order valence-electron chi connectivity index (χ3n) is 4.58. The number of amides is 1. The molecule has 0 aliphatic rings. The molecule has 0 atom stereocenters. The number of nitrogens with zero attached hydrogens (tertiary/aromatic N) is 1. The molecule has 7 heteroatoms. The first-order chi connectivity index (χ1) is 13.7. The van der Waals surface area contributed by atoms with Gasteiger partial charge in [0.05, 0.1) is 17.4 Å². The Bertz CT molecular complexity index is 1060. The Morgan fingerprint density at radius 3 is 2.21 bits per heavy atom. The molecule has 0 radical (unpaired) electrons. The lowest BCUT2D eigenvalue weighted by Gasteiger charge is -2.09. The number of carbonyl (C=O) groups is 2. The monoisotopic (exact) mass is 398 g/mol. The van der Waals surface area contributed by atoms with Gasteiger partial charge in [-0.05, 0) is 61.4 Å². The standard InChI is InChI=1S/C22H17F3N2O2/c1-13-4-3-5-18(14(13)2)20(28)19-11-10-17(12-26-19)27-21(29)15-6-8-16(9-7-15)22(23,24)25/h3-12H,1-2H3,(H,27,29). The summed E-state index contributed by atoms with van der Waals surface area (Å²) in [7, 11) is 0. The average molecular weight is 398 g/mol. The lowest BCUT2D eigenvalue weighted by Crippen LogP contribution is -2.13. The Kier molecular flexibility index (Phi) is 5.50. The second kappa shape index (κ2) is 7.87. The van der Waals surface area contributed by atoms with Gasteiger partial charge in [-0.25, -0.2) is 0 Å². The molecule has 3 rings (SSSR count). The van der Waals surface area contributed by atoms with E-state index < -0.39 is 17.6 Å². The van der Waals surface area contributed by atoms with E-state index in [1.54, 1.807) is 12.1 Å². The number of halogens is 3. The minimum Gasteiger partial charge on any atom is -0.321 e. The molecule has 0 fully saturated rings. The Morgan fingerprint density at radius 1 is 0.931 bits per heavy atom. The van der Waals surface area contributed by atoms with Crippen molar-refractivity contribution in [3.63, 3.8) is 0 Å². The normalized spacial score (nSPS) is 11.2. The number of hydrogen-bond donors (Lipinski definition) is 1. The summed E-state index contributed by atoms with van der Waals surface area (Å²) in [6, 6.07) is 12.4. The number of hydrogen-bond acceptors (Lipinski definition) is 3. The molecule has 0 aliphatic carbocycles. The van der Waals surface area contributed by atoms with E-state index in [9.17, 15) is 22.8 Å². The molecule has 1 heterocycles. The predicted octanol–water partition coefficient (Wildman–Crippen LogP) is 5.20. The third-order valence-corrected chi connectivity index (χ3v) is 4.58. The fourth-order valence-corrected chi connectivity index (χ4v) is 2.75. The first kappa shape index (κ1) is 20.3. The maximum Gasteiger partial charge on any atom is 0.416 e. The zero-order chi connectivity index (χ0) is 21.2.